The highest BCUT2D eigenvalue weighted by Gasteiger charge is 2.29. The van der Waals surface area contributed by atoms with E-state index in [1.807, 2.05) is 6.07 Å². The Morgan fingerprint density at radius 2 is 1.97 bits per heavy atom. The predicted molar refractivity (Wildman–Crippen MR) is 123 cm³/mol. The number of aromatic hydroxyl groups is 1. The molecule has 0 unspecified atom stereocenters. The summed E-state index contributed by atoms with van der Waals surface area (Å²) < 4.78 is 5.12. The number of benzene rings is 1. The number of nitriles is 1. The minimum Gasteiger partial charge on any atom is -0.507 e. The maximum atomic E-state index is 10.7. The molecule has 2 aromatic heterocycles. The number of nitrogens with zero attached hydrogens (tertiary/aromatic N) is 6. The fraction of sp³-hybridized carbons (Fsp3) is 0.375. The minimum atomic E-state index is 0.0418. The summed E-state index contributed by atoms with van der Waals surface area (Å²) in [5, 5.41) is 40.7. The Kier molecular flexibility index (Phi) is 5.75. The van der Waals surface area contributed by atoms with E-state index in [1.54, 1.807) is 30.5 Å². The molecule has 1 saturated carbocycles. The van der Waals surface area contributed by atoms with Gasteiger partial charge in [-0.3, -0.25) is 0 Å². The molecule has 1 aromatic carbocycles. The molecule has 9 nitrogen and oxygen atoms in total. The van der Waals surface area contributed by atoms with E-state index >= 15 is 0 Å². The summed E-state index contributed by atoms with van der Waals surface area (Å²) in [6.07, 6.45) is 6.44. The summed E-state index contributed by atoms with van der Waals surface area (Å²) in [5.41, 5.74) is 2.94. The third-order valence-electron chi connectivity index (χ3n) is 6.41. The van der Waals surface area contributed by atoms with Crippen LogP contribution in [0, 0.1) is 11.3 Å². The Hall–Kier alpha value is -3.77. The lowest BCUT2D eigenvalue weighted by Gasteiger charge is -2.30. The van der Waals surface area contributed by atoms with Crippen molar-refractivity contribution < 1.29 is 9.84 Å². The van der Waals surface area contributed by atoms with Crippen LogP contribution in [-0.4, -0.2) is 57.8 Å². The number of phenolic OH excluding ortho intramolecular Hbond substituents is 1. The van der Waals surface area contributed by atoms with Gasteiger partial charge < -0.3 is 20.1 Å². The molecular formula is C24H25N7O2. The van der Waals surface area contributed by atoms with Crippen LogP contribution in [0.5, 0.6) is 11.6 Å². The van der Waals surface area contributed by atoms with Crippen LogP contribution in [0.3, 0.4) is 0 Å². The van der Waals surface area contributed by atoms with Crippen molar-refractivity contribution in [1.82, 2.24) is 25.7 Å². The Bertz CT molecular complexity index is 1210. The number of ether oxygens (including phenoxy) is 1. The number of phenols is 1. The van der Waals surface area contributed by atoms with Gasteiger partial charge in [0.25, 0.3) is 0 Å². The smallest absolute Gasteiger partial charge is 0.233 e. The van der Waals surface area contributed by atoms with Gasteiger partial charge in [0.1, 0.15) is 11.8 Å². The average molecular weight is 444 g/mol. The zero-order chi connectivity index (χ0) is 22.8. The maximum Gasteiger partial charge on any atom is 0.233 e. The van der Waals surface area contributed by atoms with E-state index in [-0.39, 0.29) is 5.75 Å². The normalized spacial score (nSPS) is 18.1. The summed E-state index contributed by atoms with van der Waals surface area (Å²) >= 11 is 0. The quantitative estimate of drug-likeness (QED) is 0.592. The first-order valence-corrected chi connectivity index (χ1v) is 11.1. The molecule has 2 fully saturated rings. The molecule has 0 bridgehead atoms. The van der Waals surface area contributed by atoms with Gasteiger partial charge in [-0.1, -0.05) is 12.5 Å². The SMILES string of the molecule is COc1cc(-c2ccc(-c3cc(C#N)c(N4CC[C@H](NC5CCC5)C4)nn3)c(O)c2)cnn1. The lowest BCUT2D eigenvalue weighted by molar-refractivity contribution is 0.311. The van der Waals surface area contributed by atoms with Crippen LogP contribution >= 0.6 is 0 Å². The van der Waals surface area contributed by atoms with Gasteiger partial charge in [0.05, 0.1) is 24.6 Å². The zero-order valence-electron chi connectivity index (χ0n) is 18.4. The molecule has 3 aromatic rings. The van der Waals surface area contributed by atoms with E-state index in [0.717, 1.165) is 30.6 Å². The van der Waals surface area contributed by atoms with Crippen LogP contribution in [0.15, 0.2) is 36.5 Å². The number of nitrogens with one attached hydrogen (secondary N) is 1. The molecule has 5 rings (SSSR count). The van der Waals surface area contributed by atoms with E-state index in [4.69, 9.17) is 4.74 Å². The fourth-order valence-corrected chi connectivity index (χ4v) is 4.36. The summed E-state index contributed by atoms with van der Waals surface area (Å²) in [7, 11) is 1.52. The second-order valence-electron chi connectivity index (χ2n) is 8.52. The van der Waals surface area contributed by atoms with Crippen LogP contribution in [-0.2, 0) is 0 Å². The third kappa shape index (κ3) is 4.30. The molecule has 1 saturated heterocycles. The zero-order valence-corrected chi connectivity index (χ0v) is 18.4. The van der Waals surface area contributed by atoms with Crippen molar-refractivity contribution in [3.05, 3.63) is 42.1 Å². The number of anilines is 1. The van der Waals surface area contributed by atoms with Crippen LogP contribution in [0.1, 0.15) is 31.2 Å². The number of hydrogen-bond acceptors (Lipinski definition) is 9. The number of aromatic nitrogens is 4. The number of rotatable bonds is 6. The molecule has 1 aliphatic carbocycles. The summed E-state index contributed by atoms with van der Waals surface area (Å²) in [4.78, 5) is 2.12. The van der Waals surface area contributed by atoms with E-state index in [9.17, 15) is 10.4 Å². The summed E-state index contributed by atoms with van der Waals surface area (Å²) in [6.45, 7) is 1.67. The first kappa shape index (κ1) is 21.1. The summed E-state index contributed by atoms with van der Waals surface area (Å²) in [6, 6.07) is 12.0. The van der Waals surface area contributed by atoms with Gasteiger partial charge in [-0.05, 0) is 43.0 Å². The highest BCUT2D eigenvalue weighted by molar-refractivity contribution is 5.75. The Balaban J connectivity index is 1.37. The van der Waals surface area contributed by atoms with Gasteiger partial charge in [0, 0.05) is 42.4 Å². The fourth-order valence-electron chi connectivity index (χ4n) is 4.36. The molecular weight excluding hydrogens is 418 g/mol. The molecule has 0 radical (unpaired) electrons. The van der Waals surface area contributed by atoms with Crippen molar-refractivity contribution in [2.24, 2.45) is 0 Å². The van der Waals surface area contributed by atoms with Gasteiger partial charge in [0.15, 0.2) is 5.82 Å². The molecule has 168 valence electrons. The van der Waals surface area contributed by atoms with E-state index in [0.29, 0.717) is 40.6 Å². The van der Waals surface area contributed by atoms with Gasteiger partial charge in [-0.25, -0.2) is 0 Å². The van der Waals surface area contributed by atoms with Crippen molar-refractivity contribution in [2.75, 3.05) is 25.1 Å². The monoisotopic (exact) mass is 443 g/mol. The Labute approximate surface area is 192 Å². The molecule has 1 aliphatic heterocycles. The van der Waals surface area contributed by atoms with Crippen LogP contribution in [0.25, 0.3) is 22.4 Å². The van der Waals surface area contributed by atoms with Gasteiger partial charge >= 0.3 is 0 Å². The number of methoxy groups -OCH3 is 1. The van der Waals surface area contributed by atoms with E-state index in [2.05, 4.69) is 36.7 Å². The molecule has 1 atom stereocenters. The molecule has 9 heteroatoms. The van der Waals surface area contributed by atoms with Crippen molar-refractivity contribution in [3.63, 3.8) is 0 Å². The molecule has 2 aliphatic rings. The third-order valence-corrected chi connectivity index (χ3v) is 6.41. The standard InChI is InChI=1S/C24H25N7O2/c1-33-23-11-17(13-26-29-23)15-5-6-20(22(32)10-15)21-9-16(12-25)24(30-28-21)31-8-7-19(14-31)27-18-3-2-4-18/h5-6,9-11,13,18-19,27,32H,2-4,7-8,14H2,1H3/t19-/m0/s1. The maximum absolute atomic E-state index is 10.7. The minimum absolute atomic E-state index is 0.0418. The van der Waals surface area contributed by atoms with Crippen molar-refractivity contribution in [2.45, 2.75) is 37.8 Å². The van der Waals surface area contributed by atoms with Crippen LogP contribution < -0.4 is 15.0 Å². The second-order valence-corrected chi connectivity index (χ2v) is 8.52. The van der Waals surface area contributed by atoms with Gasteiger partial charge in [-0.2, -0.15) is 10.4 Å². The second kappa shape index (κ2) is 9.00. The van der Waals surface area contributed by atoms with Crippen LogP contribution in [0.4, 0.5) is 5.82 Å². The predicted octanol–water partition coefficient (Wildman–Crippen LogP) is 2.91. The van der Waals surface area contributed by atoms with Crippen molar-refractivity contribution >= 4 is 5.82 Å². The van der Waals surface area contributed by atoms with Gasteiger partial charge in [0.2, 0.25) is 5.88 Å². The summed E-state index contributed by atoms with van der Waals surface area (Å²) in [5.74, 6) is 1.04. The molecule has 33 heavy (non-hydrogen) atoms. The van der Waals surface area contributed by atoms with Crippen LogP contribution in [0.2, 0.25) is 0 Å². The average Bonchev–Trinajstić information content (AvgIpc) is 3.29. The Morgan fingerprint density at radius 1 is 1.09 bits per heavy atom. The van der Waals surface area contributed by atoms with Gasteiger partial charge in [-0.15, -0.1) is 15.3 Å². The van der Waals surface area contributed by atoms with Crippen molar-refractivity contribution in [3.8, 4) is 40.1 Å². The lowest BCUT2D eigenvalue weighted by Crippen LogP contribution is -2.43. The first-order chi connectivity index (χ1) is 16.1. The molecule has 0 spiro atoms. The van der Waals surface area contributed by atoms with Crippen molar-refractivity contribution in [1.29, 1.82) is 5.26 Å². The topological polar surface area (TPSA) is 120 Å². The number of hydrogen-bond donors (Lipinski definition) is 2. The molecule has 3 heterocycles. The first-order valence-electron chi connectivity index (χ1n) is 11.1. The lowest BCUT2D eigenvalue weighted by atomic mass is 9.92. The highest BCUT2D eigenvalue weighted by Crippen LogP contribution is 2.34. The van der Waals surface area contributed by atoms with E-state index in [1.165, 1.54) is 26.4 Å². The largest absolute Gasteiger partial charge is 0.507 e. The Morgan fingerprint density at radius 3 is 2.70 bits per heavy atom. The van der Waals surface area contributed by atoms with E-state index < -0.39 is 0 Å². The highest BCUT2D eigenvalue weighted by atomic mass is 16.5. The molecule has 2 N–H and O–H groups in total. The molecule has 0 amide bonds.